The number of hydrogen-bond acceptors (Lipinski definition) is 8. The Kier molecular flexibility index (Phi) is 8.20. The lowest BCUT2D eigenvalue weighted by molar-refractivity contribution is -0.138. The van der Waals surface area contributed by atoms with Crippen LogP contribution in [0.1, 0.15) is 40.7 Å². The van der Waals surface area contributed by atoms with Crippen LogP contribution in [-0.2, 0) is 16.0 Å². The Bertz CT molecular complexity index is 1270. The van der Waals surface area contributed by atoms with Gasteiger partial charge in [-0.2, -0.15) is 0 Å². The van der Waals surface area contributed by atoms with Crippen molar-refractivity contribution in [1.29, 1.82) is 0 Å². The Hall–Kier alpha value is -4.17. The number of benzene rings is 3. The molecule has 3 N–H and O–H groups in total. The Balaban J connectivity index is 1.62. The number of carbonyl (C=O) groups excluding carboxylic acids is 1. The number of aliphatic hydroxyl groups excluding tert-OH is 1. The second-order valence-electron chi connectivity index (χ2n) is 8.67. The molecule has 4 rings (SSSR count). The molecule has 1 aliphatic heterocycles. The first-order valence-corrected chi connectivity index (χ1v) is 11.9. The summed E-state index contributed by atoms with van der Waals surface area (Å²) in [5.74, 6) is 0.693. The Morgan fingerprint density at radius 2 is 1.76 bits per heavy atom. The first-order chi connectivity index (χ1) is 17.9. The quantitative estimate of drug-likeness (QED) is 0.272. The van der Waals surface area contributed by atoms with Crippen LogP contribution < -0.4 is 14.2 Å². The fourth-order valence-electron chi connectivity index (χ4n) is 4.35. The summed E-state index contributed by atoms with van der Waals surface area (Å²) in [6.07, 6.45) is 3.67. The fourth-order valence-corrected chi connectivity index (χ4v) is 4.35. The zero-order chi connectivity index (χ0) is 26.4. The lowest BCUT2D eigenvalue weighted by Crippen LogP contribution is -2.17. The number of aliphatic hydroxyl groups is 1. The predicted molar refractivity (Wildman–Crippen MR) is 137 cm³/mol. The molecular weight excluding hydrogens is 476 g/mol. The van der Waals surface area contributed by atoms with Crippen LogP contribution in [0.4, 0.5) is 0 Å². The predicted octanol–water partition coefficient (Wildman–Crippen LogP) is 4.51. The number of aryl methyl sites for hydroxylation is 1. The van der Waals surface area contributed by atoms with Gasteiger partial charge in [0.2, 0.25) is 0 Å². The smallest absolute Gasteiger partial charge is 0.330 e. The maximum Gasteiger partial charge on any atom is 0.330 e. The number of methoxy groups -OCH3 is 2. The molecule has 1 aliphatic rings. The number of hydrogen-bond donors (Lipinski definition) is 3. The van der Waals surface area contributed by atoms with E-state index in [1.165, 1.54) is 31.4 Å². The summed E-state index contributed by atoms with van der Waals surface area (Å²) in [6.45, 7) is 0.104. The molecule has 1 heterocycles. The number of aromatic hydroxyl groups is 2. The average molecular weight is 507 g/mol. The van der Waals surface area contributed by atoms with E-state index < -0.39 is 12.1 Å². The molecule has 194 valence electrons. The lowest BCUT2D eigenvalue weighted by Gasteiger charge is -2.20. The van der Waals surface area contributed by atoms with Crippen LogP contribution in [0, 0.1) is 0 Å². The van der Waals surface area contributed by atoms with Crippen molar-refractivity contribution in [2.75, 3.05) is 27.4 Å². The van der Waals surface area contributed by atoms with E-state index in [9.17, 15) is 20.1 Å². The van der Waals surface area contributed by atoms with Crippen LogP contribution in [0.15, 0.2) is 60.7 Å². The molecule has 0 spiro atoms. The summed E-state index contributed by atoms with van der Waals surface area (Å²) >= 11 is 0. The first kappa shape index (κ1) is 25.9. The molecule has 0 fully saturated rings. The minimum atomic E-state index is -0.527. The second kappa shape index (κ2) is 11.7. The van der Waals surface area contributed by atoms with E-state index in [1.54, 1.807) is 37.5 Å². The first-order valence-electron chi connectivity index (χ1n) is 11.9. The van der Waals surface area contributed by atoms with Crippen LogP contribution >= 0.6 is 0 Å². The van der Waals surface area contributed by atoms with Crippen LogP contribution in [0.3, 0.4) is 0 Å². The highest BCUT2D eigenvalue weighted by atomic mass is 16.5. The standard InChI is InChI=1S/C29H30O8/c1-34-25-16-20(8-11-24(25)32)28-23(17-36-27(33)12-7-18-5-9-21(31)10-6-18)22-14-19(4-3-13-30)15-26(35-2)29(22)37-28/h5-12,14-16,23,28,30-32H,3-4,13,17H2,1-2H3/t23-,28+/m1/s1. The number of phenols is 2. The van der Waals surface area contributed by atoms with Crippen molar-refractivity contribution in [1.82, 2.24) is 0 Å². The molecule has 0 amide bonds. The normalized spacial score (nSPS) is 16.3. The summed E-state index contributed by atoms with van der Waals surface area (Å²) in [5, 5.41) is 28.8. The molecule has 0 aromatic heterocycles. The summed E-state index contributed by atoms with van der Waals surface area (Å²) in [6, 6.07) is 15.3. The zero-order valence-electron chi connectivity index (χ0n) is 20.7. The van der Waals surface area contributed by atoms with Gasteiger partial charge in [-0.25, -0.2) is 4.79 Å². The zero-order valence-corrected chi connectivity index (χ0v) is 20.7. The molecule has 3 aromatic carbocycles. The number of ether oxygens (including phenoxy) is 4. The molecule has 8 nitrogen and oxygen atoms in total. The molecule has 37 heavy (non-hydrogen) atoms. The Morgan fingerprint density at radius 1 is 1.00 bits per heavy atom. The number of rotatable bonds is 10. The molecule has 0 bridgehead atoms. The summed E-state index contributed by atoms with van der Waals surface area (Å²) in [4.78, 5) is 12.6. The molecule has 0 unspecified atom stereocenters. The highest BCUT2D eigenvalue weighted by Crippen LogP contribution is 2.51. The van der Waals surface area contributed by atoms with Crippen LogP contribution in [0.2, 0.25) is 0 Å². The van der Waals surface area contributed by atoms with Gasteiger partial charge in [0.25, 0.3) is 0 Å². The highest BCUT2D eigenvalue weighted by Gasteiger charge is 2.39. The second-order valence-corrected chi connectivity index (χ2v) is 8.67. The van der Waals surface area contributed by atoms with Crippen molar-refractivity contribution in [3.63, 3.8) is 0 Å². The molecule has 0 saturated heterocycles. The van der Waals surface area contributed by atoms with Crippen LogP contribution in [-0.4, -0.2) is 48.7 Å². The van der Waals surface area contributed by atoms with Gasteiger partial charge in [0.05, 0.1) is 20.1 Å². The van der Waals surface area contributed by atoms with Crippen molar-refractivity contribution in [2.24, 2.45) is 0 Å². The number of carbonyl (C=O) groups is 1. The molecule has 2 atom stereocenters. The molecule has 0 aliphatic carbocycles. The van der Waals surface area contributed by atoms with E-state index in [0.717, 1.165) is 22.3 Å². The maximum atomic E-state index is 12.6. The van der Waals surface area contributed by atoms with Crippen molar-refractivity contribution in [3.8, 4) is 28.7 Å². The third kappa shape index (κ3) is 5.98. The van der Waals surface area contributed by atoms with Crippen LogP contribution in [0.5, 0.6) is 28.7 Å². The third-order valence-electron chi connectivity index (χ3n) is 6.24. The van der Waals surface area contributed by atoms with E-state index in [0.29, 0.717) is 30.1 Å². The fraction of sp³-hybridized carbons (Fsp3) is 0.276. The van der Waals surface area contributed by atoms with Crippen molar-refractivity contribution < 1.29 is 39.1 Å². The molecule has 0 radical (unpaired) electrons. The van der Waals surface area contributed by atoms with Gasteiger partial charge < -0.3 is 34.3 Å². The number of fused-ring (bicyclic) bond motifs is 1. The number of esters is 1. The van der Waals surface area contributed by atoms with Gasteiger partial charge in [0, 0.05) is 18.2 Å². The van der Waals surface area contributed by atoms with Gasteiger partial charge in [-0.05, 0) is 65.9 Å². The van der Waals surface area contributed by atoms with Crippen molar-refractivity contribution in [3.05, 3.63) is 82.9 Å². The molecular formula is C29H30O8. The summed E-state index contributed by atoms with van der Waals surface area (Å²) < 4.78 is 22.9. The molecule has 3 aromatic rings. The van der Waals surface area contributed by atoms with Crippen LogP contribution in [0.25, 0.3) is 6.08 Å². The molecule has 8 heteroatoms. The van der Waals surface area contributed by atoms with Crippen molar-refractivity contribution >= 4 is 12.0 Å². The van der Waals surface area contributed by atoms with E-state index in [2.05, 4.69) is 0 Å². The van der Waals surface area contributed by atoms with Gasteiger partial charge in [-0.1, -0.05) is 24.3 Å². The van der Waals surface area contributed by atoms with Crippen molar-refractivity contribution in [2.45, 2.75) is 24.9 Å². The van der Waals surface area contributed by atoms with E-state index >= 15 is 0 Å². The topological polar surface area (TPSA) is 115 Å². The maximum absolute atomic E-state index is 12.6. The minimum absolute atomic E-state index is 0.00739. The van der Waals surface area contributed by atoms with Gasteiger partial charge >= 0.3 is 5.97 Å². The minimum Gasteiger partial charge on any atom is -0.508 e. The summed E-state index contributed by atoms with van der Waals surface area (Å²) in [5.41, 5.74) is 3.29. The monoisotopic (exact) mass is 506 g/mol. The summed E-state index contributed by atoms with van der Waals surface area (Å²) in [7, 11) is 3.04. The number of phenolic OH excluding ortho intramolecular Hbond substituents is 2. The van der Waals surface area contributed by atoms with E-state index in [-0.39, 0.29) is 30.6 Å². The largest absolute Gasteiger partial charge is 0.508 e. The van der Waals surface area contributed by atoms with Gasteiger partial charge in [0.15, 0.2) is 23.0 Å². The third-order valence-corrected chi connectivity index (χ3v) is 6.24. The van der Waals surface area contributed by atoms with Gasteiger partial charge in [0.1, 0.15) is 18.5 Å². The lowest BCUT2D eigenvalue weighted by atomic mass is 9.90. The van der Waals surface area contributed by atoms with Gasteiger partial charge in [-0.15, -0.1) is 0 Å². The van der Waals surface area contributed by atoms with E-state index in [4.69, 9.17) is 18.9 Å². The Morgan fingerprint density at radius 3 is 2.46 bits per heavy atom. The highest BCUT2D eigenvalue weighted by molar-refractivity contribution is 5.87. The SMILES string of the molecule is COc1cc([C@@H]2Oc3c(OC)cc(CCCO)cc3[C@H]2COC(=O)C=Cc2ccc(O)cc2)ccc1O. The van der Waals surface area contributed by atoms with Gasteiger partial charge in [-0.3, -0.25) is 0 Å². The van der Waals surface area contributed by atoms with E-state index in [1.807, 2.05) is 12.1 Å². The molecule has 0 saturated carbocycles. The average Bonchev–Trinajstić information content (AvgIpc) is 3.28. The Labute approximate surface area is 215 Å².